The molecule has 0 aromatic heterocycles. The number of esters is 1. The summed E-state index contributed by atoms with van der Waals surface area (Å²) in [4.78, 5) is 23.7. The molecule has 144 valence electrons. The number of halogens is 1. The second kappa shape index (κ2) is 6.17. The smallest absolute Gasteiger partial charge is 0.305 e. The van der Waals surface area contributed by atoms with Crippen molar-refractivity contribution in [1.82, 2.24) is 0 Å². The number of allylic oxidation sites excluding steroid dienone is 1. The van der Waals surface area contributed by atoms with Crippen LogP contribution in [0.4, 0.5) is 4.39 Å². The van der Waals surface area contributed by atoms with E-state index in [0.29, 0.717) is 30.6 Å². The molecule has 4 heteroatoms. The molecule has 0 radical (unpaired) electrons. The fourth-order valence-corrected chi connectivity index (χ4v) is 6.97. The topological polar surface area (TPSA) is 43.4 Å². The number of alkyl halides is 1. The van der Waals surface area contributed by atoms with Gasteiger partial charge in [-0.05, 0) is 74.2 Å². The monoisotopic (exact) mass is 362 g/mol. The molecule has 0 amide bonds. The van der Waals surface area contributed by atoms with Crippen LogP contribution >= 0.6 is 0 Å². The first-order valence-corrected chi connectivity index (χ1v) is 10.4. The molecule has 0 aromatic rings. The molecular formula is C22H31FO3. The normalized spacial score (nSPS) is 47.5. The van der Waals surface area contributed by atoms with Crippen LogP contribution in [0.15, 0.2) is 11.6 Å². The summed E-state index contributed by atoms with van der Waals surface area (Å²) in [7, 11) is 0. The number of rotatable bonds is 2. The van der Waals surface area contributed by atoms with Crippen molar-refractivity contribution in [3.05, 3.63) is 11.6 Å². The number of carbonyl (C=O) groups excluding carboxylic acids is 2. The van der Waals surface area contributed by atoms with Crippen molar-refractivity contribution in [2.45, 2.75) is 84.4 Å². The summed E-state index contributed by atoms with van der Waals surface area (Å²) in [6.45, 7) is 6.35. The van der Waals surface area contributed by atoms with Gasteiger partial charge in [-0.1, -0.05) is 26.3 Å². The minimum atomic E-state index is -1.34. The number of hydrogen-bond acceptors (Lipinski definition) is 3. The Balaban J connectivity index is 1.60. The highest BCUT2D eigenvalue weighted by Crippen LogP contribution is 2.65. The van der Waals surface area contributed by atoms with Crippen LogP contribution < -0.4 is 0 Å². The molecule has 0 aliphatic heterocycles. The highest BCUT2D eigenvalue weighted by molar-refractivity contribution is 5.95. The van der Waals surface area contributed by atoms with E-state index in [9.17, 15) is 14.0 Å². The maximum Gasteiger partial charge on any atom is 0.305 e. The first-order valence-electron chi connectivity index (χ1n) is 10.4. The van der Waals surface area contributed by atoms with E-state index in [0.717, 1.165) is 38.5 Å². The molecule has 26 heavy (non-hydrogen) atoms. The van der Waals surface area contributed by atoms with Crippen LogP contribution in [0.1, 0.15) is 72.1 Å². The zero-order valence-corrected chi connectivity index (χ0v) is 16.2. The summed E-state index contributed by atoms with van der Waals surface area (Å²) < 4.78 is 20.1. The van der Waals surface area contributed by atoms with Gasteiger partial charge in [-0.2, -0.15) is 0 Å². The van der Waals surface area contributed by atoms with E-state index < -0.39 is 6.17 Å². The number of ketones is 1. The zero-order valence-electron chi connectivity index (χ0n) is 16.2. The van der Waals surface area contributed by atoms with Crippen molar-refractivity contribution in [2.24, 2.45) is 28.6 Å². The summed E-state index contributed by atoms with van der Waals surface area (Å²) in [6, 6.07) is 0. The van der Waals surface area contributed by atoms with Gasteiger partial charge in [0.05, 0.1) is 0 Å². The van der Waals surface area contributed by atoms with Gasteiger partial charge in [0.2, 0.25) is 0 Å². The molecular weight excluding hydrogens is 331 g/mol. The second-order valence-electron chi connectivity index (χ2n) is 9.53. The van der Waals surface area contributed by atoms with E-state index in [1.54, 1.807) is 6.08 Å². The van der Waals surface area contributed by atoms with E-state index in [1.165, 1.54) is 5.57 Å². The summed E-state index contributed by atoms with van der Waals surface area (Å²) in [6.07, 6.45) is 7.27. The van der Waals surface area contributed by atoms with Gasteiger partial charge in [-0.15, -0.1) is 0 Å². The Kier molecular flexibility index (Phi) is 4.32. The van der Waals surface area contributed by atoms with Crippen molar-refractivity contribution in [3.63, 3.8) is 0 Å². The Bertz CT molecular complexity index is 656. The van der Waals surface area contributed by atoms with E-state index in [1.807, 2.05) is 6.92 Å². The minimum Gasteiger partial charge on any atom is -0.462 e. The lowest BCUT2D eigenvalue weighted by atomic mass is 9.47. The van der Waals surface area contributed by atoms with Gasteiger partial charge in [-0.3, -0.25) is 9.59 Å². The molecule has 0 unspecified atom stereocenters. The number of ether oxygens (including phenoxy) is 1. The molecule has 3 saturated carbocycles. The third-order valence-electron chi connectivity index (χ3n) is 8.44. The van der Waals surface area contributed by atoms with Gasteiger partial charge in [0, 0.05) is 11.8 Å². The Hall–Kier alpha value is -1.19. The number of hydrogen-bond donors (Lipinski definition) is 0. The molecule has 0 spiro atoms. The summed E-state index contributed by atoms with van der Waals surface area (Å²) >= 11 is 0. The molecule has 4 aliphatic carbocycles. The van der Waals surface area contributed by atoms with Crippen molar-refractivity contribution in [2.75, 3.05) is 0 Å². The third kappa shape index (κ3) is 2.51. The average Bonchev–Trinajstić information content (AvgIpc) is 2.93. The standard InChI is InChI=1S/C22H31FO3/c1-4-20(25)26-19-8-7-15-14-6-5-13-11-18(24)17(23)12-22(13,3)16(14)9-10-21(15,19)2/h11,14-17,19H,4-10,12H2,1-3H3/t14-,15-,16-,17+,19+,21-,22-/m0/s1. The van der Waals surface area contributed by atoms with Gasteiger partial charge in [0.15, 0.2) is 12.0 Å². The quantitative estimate of drug-likeness (QED) is 0.664. The molecule has 0 bridgehead atoms. The maximum atomic E-state index is 14.3. The molecule has 0 heterocycles. The molecule has 3 nitrogen and oxygen atoms in total. The van der Waals surface area contributed by atoms with Crippen molar-refractivity contribution in [3.8, 4) is 0 Å². The van der Waals surface area contributed by atoms with Crippen molar-refractivity contribution >= 4 is 11.8 Å². The summed E-state index contributed by atoms with van der Waals surface area (Å²) in [5, 5.41) is 0. The van der Waals surface area contributed by atoms with Crippen molar-refractivity contribution in [1.29, 1.82) is 0 Å². The predicted octanol–water partition coefficient (Wildman–Crippen LogP) is 4.79. The second-order valence-corrected chi connectivity index (χ2v) is 9.53. The Morgan fingerprint density at radius 1 is 1.23 bits per heavy atom. The van der Waals surface area contributed by atoms with Crippen LogP contribution in [-0.4, -0.2) is 24.0 Å². The van der Waals surface area contributed by atoms with Crippen LogP contribution in [-0.2, 0) is 14.3 Å². The first kappa shape index (κ1) is 18.2. The van der Waals surface area contributed by atoms with E-state index in [-0.39, 0.29) is 28.7 Å². The lowest BCUT2D eigenvalue weighted by Crippen LogP contribution is -2.52. The highest BCUT2D eigenvalue weighted by atomic mass is 19.1. The first-order chi connectivity index (χ1) is 12.3. The highest BCUT2D eigenvalue weighted by Gasteiger charge is 2.60. The van der Waals surface area contributed by atoms with Gasteiger partial charge in [0.25, 0.3) is 0 Å². The van der Waals surface area contributed by atoms with Gasteiger partial charge < -0.3 is 4.74 Å². The Morgan fingerprint density at radius 3 is 2.73 bits per heavy atom. The average molecular weight is 362 g/mol. The van der Waals surface area contributed by atoms with Crippen LogP contribution in [0.3, 0.4) is 0 Å². The van der Waals surface area contributed by atoms with Crippen LogP contribution in [0, 0.1) is 28.6 Å². The lowest BCUT2D eigenvalue weighted by Gasteiger charge is -2.58. The minimum absolute atomic E-state index is 0.0347. The zero-order chi connectivity index (χ0) is 18.7. The van der Waals surface area contributed by atoms with Crippen LogP contribution in [0.25, 0.3) is 0 Å². The van der Waals surface area contributed by atoms with E-state index >= 15 is 0 Å². The SMILES string of the molecule is CCC(=O)O[C@@H]1CC[C@H]2[C@@H]3CCC4=CC(=O)[C@H](F)C[C@]4(C)[C@H]3CC[C@]12C. The number of fused-ring (bicyclic) bond motifs is 5. The van der Waals surface area contributed by atoms with Crippen LogP contribution in [0.2, 0.25) is 0 Å². The molecule has 0 aromatic carbocycles. The third-order valence-corrected chi connectivity index (χ3v) is 8.44. The largest absolute Gasteiger partial charge is 0.462 e. The van der Waals surface area contributed by atoms with Gasteiger partial charge >= 0.3 is 5.97 Å². The molecule has 7 atom stereocenters. The molecule has 4 aliphatic rings. The molecule has 3 fully saturated rings. The van der Waals surface area contributed by atoms with Gasteiger partial charge in [-0.25, -0.2) is 4.39 Å². The fourth-order valence-electron chi connectivity index (χ4n) is 6.97. The van der Waals surface area contributed by atoms with Gasteiger partial charge in [0.1, 0.15) is 6.10 Å². The lowest BCUT2D eigenvalue weighted by molar-refractivity contribution is -0.159. The molecule has 0 N–H and O–H groups in total. The van der Waals surface area contributed by atoms with Crippen molar-refractivity contribution < 1.29 is 18.7 Å². The summed E-state index contributed by atoms with van der Waals surface area (Å²) in [5.41, 5.74) is 1.08. The van der Waals surface area contributed by atoms with E-state index in [2.05, 4.69) is 13.8 Å². The number of carbonyl (C=O) groups is 2. The maximum absolute atomic E-state index is 14.3. The predicted molar refractivity (Wildman–Crippen MR) is 97.2 cm³/mol. The molecule has 4 rings (SSSR count). The molecule has 0 saturated heterocycles. The Morgan fingerprint density at radius 2 is 2.00 bits per heavy atom. The Labute approximate surface area is 155 Å². The van der Waals surface area contributed by atoms with Crippen LogP contribution in [0.5, 0.6) is 0 Å². The van der Waals surface area contributed by atoms with E-state index in [4.69, 9.17) is 4.74 Å². The fraction of sp³-hybridized carbons (Fsp3) is 0.818. The summed E-state index contributed by atoms with van der Waals surface area (Å²) in [5.74, 6) is 1.13.